The van der Waals surface area contributed by atoms with Gasteiger partial charge in [-0.25, -0.2) is 8.78 Å². The molecule has 3 rings (SSSR count). The summed E-state index contributed by atoms with van der Waals surface area (Å²) in [5, 5.41) is 0. The fourth-order valence-corrected chi connectivity index (χ4v) is 3.30. The summed E-state index contributed by atoms with van der Waals surface area (Å²) in [4.78, 5) is 16.1. The van der Waals surface area contributed by atoms with Crippen LogP contribution < -0.4 is 0 Å². The number of hydrogen-bond acceptors (Lipinski definition) is 2. The first-order valence-electron chi connectivity index (χ1n) is 7.42. The van der Waals surface area contributed by atoms with Crippen LogP contribution in [0.25, 0.3) is 0 Å². The Morgan fingerprint density at radius 2 is 1.79 bits per heavy atom. The number of halogens is 2. The minimum absolute atomic E-state index is 0.0498. The Labute approximate surface area is 112 Å². The van der Waals surface area contributed by atoms with E-state index in [1.807, 2.05) is 4.90 Å². The van der Waals surface area contributed by atoms with Crippen LogP contribution in [0.4, 0.5) is 8.78 Å². The third-order valence-corrected chi connectivity index (χ3v) is 4.63. The Bertz CT molecular complexity index is 349. The summed E-state index contributed by atoms with van der Waals surface area (Å²) in [6.45, 7) is 4.03. The van der Waals surface area contributed by atoms with Gasteiger partial charge in [-0.3, -0.25) is 9.69 Å². The number of alkyl halides is 2. The van der Waals surface area contributed by atoms with Crippen molar-refractivity contribution in [2.45, 2.75) is 38.0 Å². The number of nitrogens with zero attached hydrogens (tertiary/aromatic N) is 2. The molecule has 1 amide bonds. The van der Waals surface area contributed by atoms with Crippen molar-refractivity contribution in [2.75, 3.05) is 32.7 Å². The van der Waals surface area contributed by atoms with Gasteiger partial charge in [0.2, 0.25) is 11.8 Å². The molecule has 0 unspecified atom stereocenters. The summed E-state index contributed by atoms with van der Waals surface area (Å²) in [7, 11) is 0. The Morgan fingerprint density at radius 3 is 2.32 bits per heavy atom. The second kappa shape index (κ2) is 5.00. The summed E-state index contributed by atoms with van der Waals surface area (Å²) in [6.07, 6.45) is 2.85. The van der Waals surface area contributed by atoms with Gasteiger partial charge < -0.3 is 4.90 Å². The van der Waals surface area contributed by atoms with E-state index < -0.39 is 5.92 Å². The van der Waals surface area contributed by atoms with E-state index in [4.69, 9.17) is 0 Å². The van der Waals surface area contributed by atoms with Crippen LogP contribution in [0, 0.1) is 11.8 Å². The van der Waals surface area contributed by atoms with E-state index in [-0.39, 0.29) is 18.8 Å². The van der Waals surface area contributed by atoms with Crippen LogP contribution in [0.3, 0.4) is 0 Å². The van der Waals surface area contributed by atoms with Crippen LogP contribution in [-0.4, -0.2) is 54.4 Å². The number of piperazine rings is 1. The fourth-order valence-electron chi connectivity index (χ4n) is 3.30. The largest absolute Gasteiger partial charge is 0.340 e. The van der Waals surface area contributed by atoms with Gasteiger partial charge in [0.1, 0.15) is 0 Å². The zero-order chi connectivity index (χ0) is 13.5. The highest BCUT2D eigenvalue weighted by Crippen LogP contribution is 2.39. The molecule has 0 aromatic carbocycles. The lowest BCUT2D eigenvalue weighted by Crippen LogP contribution is -2.50. The SMILES string of the molecule is O=C(C1CC1)N1CCN(C[C@@H]2CCC(F)(F)C2)CC1. The third kappa shape index (κ3) is 3.25. The molecular formula is C14H22F2N2O. The molecular weight excluding hydrogens is 250 g/mol. The lowest BCUT2D eigenvalue weighted by Gasteiger charge is -2.36. The molecule has 3 nitrogen and oxygen atoms in total. The number of rotatable bonds is 3. The van der Waals surface area contributed by atoms with Gasteiger partial charge >= 0.3 is 0 Å². The molecule has 2 aliphatic carbocycles. The Kier molecular flexibility index (Phi) is 3.50. The van der Waals surface area contributed by atoms with E-state index in [0.29, 0.717) is 18.2 Å². The molecule has 1 aliphatic heterocycles. The van der Waals surface area contributed by atoms with E-state index in [9.17, 15) is 13.6 Å². The summed E-state index contributed by atoms with van der Waals surface area (Å²) in [6, 6.07) is 0. The maximum absolute atomic E-state index is 13.1. The zero-order valence-electron chi connectivity index (χ0n) is 11.3. The van der Waals surface area contributed by atoms with Gasteiger partial charge in [0.15, 0.2) is 0 Å². The molecule has 108 valence electrons. The summed E-state index contributed by atoms with van der Waals surface area (Å²) in [5.41, 5.74) is 0. The first-order valence-corrected chi connectivity index (χ1v) is 7.42. The van der Waals surface area contributed by atoms with Crippen molar-refractivity contribution >= 4 is 5.91 Å². The molecule has 0 spiro atoms. The normalized spacial score (nSPS) is 31.7. The predicted molar refractivity (Wildman–Crippen MR) is 68.0 cm³/mol. The molecule has 1 saturated heterocycles. The molecule has 3 fully saturated rings. The Morgan fingerprint density at radius 1 is 1.11 bits per heavy atom. The molecule has 1 heterocycles. The average molecular weight is 272 g/mol. The van der Waals surface area contributed by atoms with Crippen LogP contribution >= 0.6 is 0 Å². The molecule has 0 N–H and O–H groups in total. The van der Waals surface area contributed by atoms with Crippen molar-refractivity contribution in [3.63, 3.8) is 0 Å². The van der Waals surface area contributed by atoms with E-state index in [1.54, 1.807) is 0 Å². The molecule has 0 bridgehead atoms. The van der Waals surface area contributed by atoms with Gasteiger partial charge in [0.25, 0.3) is 0 Å². The van der Waals surface area contributed by atoms with Crippen molar-refractivity contribution in [1.82, 2.24) is 9.80 Å². The summed E-state index contributed by atoms with van der Waals surface area (Å²) >= 11 is 0. The monoisotopic (exact) mass is 272 g/mol. The second-order valence-electron chi connectivity index (χ2n) is 6.36. The number of hydrogen-bond donors (Lipinski definition) is 0. The quantitative estimate of drug-likeness (QED) is 0.784. The van der Waals surface area contributed by atoms with Gasteiger partial charge in [-0.1, -0.05) is 0 Å². The smallest absolute Gasteiger partial charge is 0.248 e. The van der Waals surface area contributed by atoms with E-state index in [1.165, 1.54) is 0 Å². The standard InChI is InChI=1S/C14H22F2N2O/c15-14(16)4-3-11(9-14)10-17-5-7-18(8-6-17)13(19)12-1-2-12/h11-12H,1-10H2/t11-/m1/s1. The minimum Gasteiger partial charge on any atom is -0.340 e. The fraction of sp³-hybridized carbons (Fsp3) is 0.929. The Hall–Kier alpha value is -0.710. The highest BCUT2D eigenvalue weighted by atomic mass is 19.3. The van der Waals surface area contributed by atoms with Gasteiger partial charge in [0.05, 0.1) is 0 Å². The van der Waals surface area contributed by atoms with Gasteiger partial charge in [-0.05, 0) is 25.2 Å². The van der Waals surface area contributed by atoms with Crippen LogP contribution in [0.1, 0.15) is 32.1 Å². The second-order valence-corrected chi connectivity index (χ2v) is 6.36. The van der Waals surface area contributed by atoms with Crippen molar-refractivity contribution in [3.8, 4) is 0 Å². The van der Waals surface area contributed by atoms with Crippen molar-refractivity contribution in [2.24, 2.45) is 11.8 Å². The lowest BCUT2D eigenvalue weighted by molar-refractivity contribution is -0.134. The maximum Gasteiger partial charge on any atom is 0.248 e. The minimum atomic E-state index is -2.44. The molecule has 3 aliphatic rings. The van der Waals surface area contributed by atoms with Crippen molar-refractivity contribution in [1.29, 1.82) is 0 Å². The van der Waals surface area contributed by atoms with Gasteiger partial charge in [0, 0.05) is 51.5 Å². The molecule has 0 aromatic rings. The Balaban J connectivity index is 1.42. The molecule has 1 atom stereocenters. The number of carbonyl (C=O) groups is 1. The molecule has 19 heavy (non-hydrogen) atoms. The lowest BCUT2D eigenvalue weighted by atomic mass is 10.1. The molecule has 5 heteroatoms. The summed E-state index contributed by atoms with van der Waals surface area (Å²) < 4.78 is 26.3. The molecule has 0 radical (unpaired) electrons. The van der Waals surface area contributed by atoms with Gasteiger partial charge in [-0.15, -0.1) is 0 Å². The van der Waals surface area contributed by atoms with Crippen molar-refractivity contribution in [3.05, 3.63) is 0 Å². The molecule has 2 saturated carbocycles. The third-order valence-electron chi connectivity index (χ3n) is 4.63. The van der Waals surface area contributed by atoms with E-state index in [0.717, 1.165) is 45.6 Å². The number of carbonyl (C=O) groups excluding carboxylic acids is 1. The topological polar surface area (TPSA) is 23.6 Å². The van der Waals surface area contributed by atoms with Crippen LogP contribution in [0.5, 0.6) is 0 Å². The van der Waals surface area contributed by atoms with Crippen LogP contribution in [0.2, 0.25) is 0 Å². The highest BCUT2D eigenvalue weighted by molar-refractivity contribution is 5.81. The maximum atomic E-state index is 13.1. The van der Waals surface area contributed by atoms with E-state index in [2.05, 4.69) is 4.90 Å². The van der Waals surface area contributed by atoms with Crippen molar-refractivity contribution < 1.29 is 13.6 Å². The predicted octanol–water partition coefficient (Wildman–Crippen LogP) is 1.98. The first-order chi connectivity index (χ1) is 9.03. The summed E-state index contributed by atoms with van der Waals surface area (Å²) in [5.74, 6) is -1.69. The first kappa shape index (κ1) is 13.3. The highest BCUT2D eigenvalue weighted by Gasteiger charge is 2.40. The zero-order valence-corrected chi connectivity index (χ0v) is 11.3. The van der Waals surface area contributed by atoms with E-state index >= 15 is 0 Å². The van der Waals surface area contributed by atoms with Crippen LogP contribution in [-0.2, 0) is 4.79 Å². The van der Waals surface area contributed by atoms with Crippen LogP contribution in [0.15, 0.2) is 0 Å². The average Bonchev–Trinajstić information content (AvgIpc) is 3.15. The molecule has 0 aromatic heterocycles. The number of amides is 1. The van der Waals surface area contributed by atoms with Gasteiger partial charge in [-0.2, -0.15) is 0 Å².